The van der Waals surface area contributed by atoms with Crippen molar-refractivity contribution in [2.45, 2.75) is 146 Å². The van der Waals surface area contributed by atoms with Crippen molar-refractivity contribution in [1.82, 2.24) is 0 Å². The third-order valence-corrected chi connectivity index (χ3v) is 4.71. The van der Waals surface area contributed by atoms with E-state index in [4.69, 9.17) is 24.3 Å². The molecule has 0 aromatic heterocycles. The molecule has 0 aromatic rings. The van der Waals surface area contributed by atoms with Gasteiger partial charge in [-0.3, -0.25) is 4.89 Å². The Morgan fingerprint density at radius 1 is 0.765 bits per heavy atom. The Labute approximate surface area is 208 Å². The Balaban J connectivity index is 0.000000641. The number of carbonyl (C=O) groups is 2. The maximum Gasteiger partial charge on any atom is 0.373 e. The van der Waals surface area contributed by atoms with Crippen LogP contribution in [0.1, 0.15) is 129 Å². The van der Waals surface area contributed by atoms with Crippen LogP contribution in [-0.4, -0.2) is 28.9 Å². The van der Waals surface area contributed by atoms with Gasteiger partial charge in [-0.2, -0.15) is 14.7 Å². The summed E-state index contributed by atoms with van der Waals surface area (Å²) < 4.78 is 5.31. The molecule has 0 aliphatic carbocycles. The van der Waals surface area contributed by atoms with Gasteiger partial charge in [-0.15, -0.1) is 0 Å². The Hall–Kier alpha value is -1.18. The number of esters is 1. The number of hydrogen-bond acceptors (Lipinski definition) is 7. The first-order chi connectivity index (χ1) is 15.1. The topological polar surface area (TPSA) is 86.9 Å². The van der Waals surface area contributed by atoms with Crippen molar-refractivity contribution in [3.8, 4) is 0 Å². The highest BCUT2D eigenvalue weighted by atomic mass is 17.4. The van der Waals surface area contributed by atoms with Gasteiger partial charge in [-0.05, 0) is 71.6 Å². The molecule has 0 saturated carbocycles. The zero-order chi connectivity index (χ0) is 27.0. The summed E-state index contributed by atoms with van der Waals surface area (Å²) in [6.07, 6.45) is 5.58. The van der Waals surface area contributed by atoms with Gasteiger partial charge in [0.05, 0.1) is 0 Å². The largest absolute Gasteiger partial charge is 0.456 e. The van der Waals surface area contributed by atoms with E-state index in [1.165, 1.54) is 6.42 Å². The van der Waals surface area contributed by atoms with Crippen molar-refractivity contribution >= 4 is 11.9 Å². The molecule has 0 spiro atoms. The van der Waals surface area contributed by atoms with Crippen molar-refractivity contribution < 1.29 is 33.9 Å². The predicted octanol–water partition coefficient (Wildman–Crippen LogP) is 7.31. The number of rotatable bonds is 9. The van der Waals surface area contributed by atoms with Crippen LogP contribution in [0.15, 0.2) is 0 Å². The van der Waals surface area contributed by atoms with Crippen molar-refractivity contribution in [1.29, 1.82) is 0 Å². The molecule has 34 heavy (non-hydrogen) atoms. The number of hydrogen-bond donors (Lipinski definition) is 0. The lowest BCUT2D eigenvalue weighted by Gasteiger charge is -2.26. The minimum absolute atomic E-state index is 0.0302. The first-order valence-electron chi connectivity index (χ1n) is 12.6. The fourth-order valence-corrected chi connectivity index (χ4v) is 3.20. The van der Waals surface area contributed by atoms with Crippen molar-refractivity contribution in [2.24, 2.45) is 16.7 Å². The smallest absolute Gasteiger partial charge is 0.373 e. The van der Waals surface area contributed by atoms with Gasteiger partial charge >= 0.3 is 17.7 Å². The Kier molecular flexibility index (Phi) is 12.2. The molecular formula is C27H52O7. The summed E-state index contributed by atoms with van der Waals surface area (Å²) >= 11 is 0. The van der Waals surface area contributed by atoms with Crippen molar-refractivity contribution in [3.05, 3.63) is 0 Å². The van der Waals surface area contributed by atoms with Gasteiger partial charge in [0, 0.05) is 12.3 Å². The second-order valence-electron chi connectivity index (χ2n) is 13.8. The summed E-state index contributed by atoms with van der Waals surface area (Å²) in [6.45, 7) is 26.0. The first kappa shape index (κ1) is 32.8. The maximum atomic E-state index is 12.0. The van der Waals surface area contributed by atoms with Crippen LogP contribution in [0.25, 0.3) is 0 Å². The molecule has 1 saturated heterocycles. The van der Waals surface area contributed by atoms with E-state index in [0.29, 0.717) is 11.8 Å². The lowest BCUT2D eigenvalue weighted by atomic mass is 9.82. The highest BCUT2D eigenvalue weighted by molar-refractivity contribution is 5.80. The zero-order valence-electron chi connectivity index (χ0n) is 24.2. The molecule has 1 rings (SSSR count). The average Bonchev–Trinajstić information content (AvgIpc) is 3.38. The first-order valence-corrected chi connectivity index (χ1v) is 12.6. The van der Waals surface area contributed by atoms with E-state index in [9.17, 15) is 9.59 Å². The molecule has 1 aliphatic rings. The van der Waals surface area contributed by atoms with E-state index in [1.54, 1.807) is 0 Å². The van der Waals surface area contributed by atoms with Crippen LogP contribution in [0.5, 0.6) is 0 Å². The second kappa shape index (κ2) is 12.7. The Bertz CT molecular complexity index is 623. The minimum Gasteiger partial charge on any atom is -0.456 e. The standard InChI is InChI=1S/C14H28O3.C13H24O4/c1-13(2,3)11-9-7-8-10-12(15)16-17-14(4,5)6;1-9(8-11(2,3)4)13(16-17-13)10(14)15-12(5,6)7/h7-11H2,1-6H3;9H,8H2,1-7H3. The molecule has 7 nitrogen and oxygen atoms in total. The molecule has 0 N–H and O–H groups in total. The van der Waals surface area contributed by atoms with Gasteiger partial charge in [-0.1, -0.05) is 61.3 Å². The third kappa shape index (κ3) is 16.4. The monoisotopic (exact) mass is 488 g/mol. The average molecular weight is 489 g/mol. The maximum absolute atomic E-state index is 12.0. The van der Waals surface area contributed by atoms with Gasteiger partial charge < -0.3 is 4.74 Å². The molecule has 1 atom stereocenters. The predicted molar refractivity (Wildman–Crippen MR) is 133 cm³/mol. The zero-order valence-corrected chi connectivity index (χ0v) is 24.2. The Morgan fingerprint density at radius 3 is 1.68 bits per heavy atom. The molecule has 7 heteroatoms. The van der Waals surface area contributed by atoms with Gasteiger partial charge in [0.15, 0.2) is 0 Å². The summed E-state index contributed by atoms with van der Waals surface area (Å²) in [5.74, 6) is -1.91. The fraction of sp³-hybridized carbons (Fsp3) is 0.926. The second-order valence-corrected chi connectivity index (χ2v) is 13.8. The SMILES string of the molecule is CC(C)(C)CCCCCC(=O)OOC(C)(C)C.CC(CC(C)(C)C)C1(C(=O)OC(C)(C)C)OO1. The van der Waals surface area contributed by atoms with Crippen molar-refractivity contribution in [2.75, 3.05) is 0 Å². The summed E-state index contributed by atoms with van der Waals surface area (Å²) in [5.41, 5.74) is -0.456. The van der Waals surface area contributed by atoms with Crippen LogP contribution >= 0.6 is 0 Å². The Morgan fingerprint density at radius 2 is 1.29 bits per heavy atom. The lowest BCUT2D eigenvalue weighted by Crippen LogP contribution is -2.39. The number of ether oxygens (including phenoxy) is 1. The van der Waals surface area contributed by atoms with Gasteiger partial charge in [0.25, 0.3) is 0 Å². The summed E-state index contributed by atoms with van der Waals surface area (Å²) in [6, 6.07) is 0. The number of unbranched alkanes of at least 4 members (excludes halogenated alkanes) is 2. The number of carbonyl (C=O) groups excluding carboxylic acids is 2. The van der Waals surface area contributed by atoms with E-state index >= 15 is 0 Å². The highest BCUT2D eigenvalue weighted by Gasteiger charge is 2.63. The molecule has 1 unspecified atom stereocenters. The minimum atomic E-state index is -1.18. The quantitative estimate of drug-likeness (QED) is 0.110. The highest BCUT2D eigenvalue weighted by Crippen LogP contribution is 2.44. The normalized spacial score (nSPS) is 16.7. The van der Waals surface area contributed by atoms with Crippen LogP contribution in [-0.2, 0) is 33.9 Å². The van der Waals surface area contributed by atoms with Crippen LogP contribution in [0, 0.1) is 16.7 Å². The van der Waals surface area contributed by atoms with E-state index in [1.807, 2.05) is 48.5 Å². The third-order valence-electron chi connectivity index (χ3n) is 4.71. The van der Waals surface area contributed by atoms with Crippen LogP contribution in [0.3, 0.4) is 0 Å². The van der Waals surface area contributed by atoms with E-state index in [-0.39, 0.29) is 17.3 Å². The van der Waals surface area contributed by atoms with Gasteiger partial charge in [0.1, 0.15) is 11.2 Å². The molecule has 1 fully saturated rings. The molecule has 202 valence electrons. The van der Waals surface area contributed by atoms with Crippen molar-refractivity contribution in [3.63, 3.8) is 0 Å². The summed E-state index contributed by atoms with van der Waals surface area (Å²) in [5, 5.41) is 0. The van der Waals surface area contributed by atoms with E-state index in [2.05, 4.69) is 41.5 Å². The van der Waals surface area contributed by atoms with Crippen LogP contribution in [0.4, 0.5) is 0 Å². The summed E-state index contributed by atoms with van der Waals surface area (Å²) in [7, 11) is 0. The van der Waals surface area contributed by atoms with Gasteiger partial charge in [-0.25, -0.2) is 9.59 Å². The van der Waals surface area contributed by atoms with Crippen LogP contribution in [0.2, 0.25) is 0 Å². The molecule has 0 radical (unpaired) electrons. The molecule has 0 amide bonds. The van der Waals surface area contributed by atoms with Crippen LogP contribution < -0.4 is 0 Å². The van der Waals surface area contributed by atoms with E-state index in [0.717, 1.165) is 25.7 Å². The molecule has 0 aromatic carbocycles. The molecule has 1 heterocycles. The molecular weight excluding hydrogens is 436 g/mol. The fourth-order valence-electron chi connectivity index (χ4n) is 3.20. The molecule has 0 bridgehead atoms. The van der Waals surface area contributed by atoms with E-state index < -0.39 is 23.0 Å². The molecule has 1 aliphatic heterocycles. The lowest BCUT2D eigenvalue weighted by molar-refractivity contribution is -0.320. The van der Waals surface area contributed by atoms with Gasteiger partial charge in [0.2, 0.25) is 0 Å². The summed E-state index contributed by atoms with van der Waals surface area (Å²) in [4.78, 5) is 42.8.